The smallest absolute Gasteiger partial charge is 0.0215 e. The van der Waals surface area contributed by atoms with Crippen LogP contribution in [0.25, 0.3) is 0 Å². The van der Waals surface area contributed by atoms with Crippen molar-refractivity contribution in [1.82, 2.24) is 0 Å². The van der Waals surface area contributed by atoms with Crippen LogP contribution in [0.1, 0.15) is 13.3 Å². The molecule has 0 saturated heterocycles. The van der Waals surface area contributed by atoms with Gasteiger partial charge in [-0.2, -0.15) is 12.6 Å². The van der Waals surface area contributed by atoms with Crippen molar-refractivity contribution in [2.75, 3.05) is 0 Å². The second-order valence-corrected chi connectivity index (χ2v) is 2.39. The summed E-state index contributed by atoms with van der Waals surface area (Å²) in [7, 11) is 0. The highest BCUT2D eigenvalue weighted by Gasteiger charge is 1.85. The van der Waals surface area contributed by atoms with Crippen molar-refractivity contribution in [3.05, 3.63) is 0 Å². The molecule has 0 aromatic heterocycles. The minimum Gasteiger partial charge on any atom is -0.175 e. The Morgan fingerprint density at radius 1 is 1.86 bits per heavy atom. The van der Waals surface area contributed by atoms with Crippen molar-refractivity contribution in [1.29, 1.82) is 0 Å². The van der Waals surface area contributed by atoms with Gasteiger partial charge in [-0.05, 0) is 11.6 Å². The van der Waals surface area contributed by atoms with E-state index in [9.17, 15) is 0 Å². The standard InChI is InChI=1S/C5H7ClS/c1-5(7)3-2-4-6/h5,7H,3H2,1H3. The molecule has 0 radical (unpaired) electrons. The van der Waals surface area contributed by atoms with Gasteiger partial charge in [-0.25, -0.2) is 0 Å². The van der Waals surface area contributed by atoms with Crippen molar-refractivity contribution in [2.24, 2.45) is 0 Å². The number of thiol groups is 1. The monoisotopic (exact) mass is 134 g/mol. The van der Waals surface area contributed by atoms with Gasteiger partial charge in [0.05, 0.1) is 0 Å². The largest absolute Gasteiger partial charge is 0.175 e. The normalized spacial score (nSPS) is 11.9. The first-order chi connectivity index (χ1) is 3.27. The molecule has 0 fully saturated rings. The second-order valence-electron chi connectivity index (χ2n) is 1.32. The van der Waals surface area contributed by atoms with E-state index >= 15 is 0 Å². The van der Waals surface area contributed by atoms with Gasteiger partial charge in [0, 0.05) is 17.1 Å². The van der Waals surface area contributed by atoms with E-state index in [1.807, 2.05) is 6.92 Å². The molecule has 40 valence electrons. The van der Waals surface area contributed by atoms with Crippen LogP contribution in [-0.4, -0.2) is 5.25 Å². The summed E-state index contributed by atoms with van der Waals surface area (Å²) in [5.41, 5.74) is 0. The molecule has 0 rings (SSSR count). The van der Waals surface area contributed by atoms with E-state index < -0.39 is 0 Å². The van der Waals surface area contributed by atoms with Crippen molar-refractivity contribution in [3.63, 3.8) is 0 Å². The highest BCUT2D eigenvalue weighted by molar-refractivity contribution is 7.80. The molecule has 0 spiro atoms. The van der Waals surface area contributed by atoms with Gasteiger partial charge in [0.2, 0.25) is 0 Å². The summed E-state index contributed by atoms with van der Waals surface area (Å²) in [6, 6.07) is 0. The average molecular weight is 135 g/mol. The molecule has 0 N–H and O–H groups in total. The molecule has 0 saturated carbocycles. The molecule has 0 nitrogen and oxygen atoms in total. The van der Waals surface area contributed by atoms with Gasteiger partial charge in [0.1, 0.15) is 0 Å². The summed E-state index contributed by atoms with van der Waals surface area (Å²) in [5, 5.41) is 2.61. The number of rotatable bonds is 1. The molecule has 1 unspecified atom stereocenters. The van der Waals surface area contributed by atoms with E-state index in [0.717, 1.165) is 6.42 Å². The molecule has 0 aromatic carbocycles. The Morgan fingerprint density at radius 3 is 2.57 bits per heavy atom. The van der Waals surface area contributed by atoms with Crippen LogP contribution in [0, 0.1) is 11.3 Å². The number of hydrogen-bond acceptors (Lipinski definition) is 1. The topological polar surface area (TPSA) is 0 Å². The van der Waals surface area contributed by atoms with Gasteiger partial charge in [0.25, 0.3) is 0 Å². The van der Waals surface area contributed by atoms with E-state index in [0.29, 0.717) is 5.25 Å². The molecule has 7 heavy (non-hydrogen) atoms. The SMILES string of the molecule is CC(S)CC#CCl. The summed E-state index contributed by atoms with van der Waals surface area (Å²) in [6.45, 7) is 1.98. The van der Waals surface area contributed by atoms with Gasteiger partial charge in [-0.15, -0.1) is 0 Å². The zero-order chi connectivity index (χ0) is 5.70. The molecule has 0 amide bonds. The summed E-state index contributed by atoms with van der Waals surface area (Å²) >= 11 is 9.12. The lowest BCUT2D eigenvalue weighted by atomic mass is 10.3. The van der Waals surface area contributed by atoms with Crippen molar-refractivity contribution in [2.45, 2.75) is 18.6 Å². The van der Waals surface area contributed by atoms with Crippen LogP contribution >= 0.6 is 24.2 Å². The maximum absolute atomic E-state index is 5.05. The van der Waals surface area contributed by atoms with E-state index in [1.165, 1.54) is 0 Å². The fraction of sp³-hybridized carbons (Fsp3) is 0.600. The maximum atomic E-state index is 5.05. The fourth-order valence-corrected chi connectivity index (χ4v) is 0.355. The quantitative estimate of drug-likeness (QED) is 0.411. The Morgan fingerprint density at radius 2 is 2.43 bits per heavy atom. The molecule has 0 aromatic rings. The molecule has 0 aliphatic heterocycles. The predicted octanol–water partition coefficient (Wildman–Crippen LogP) is 1.89. The second kappa shape index (κ2) is 4.36. The van der Waals surface area contributed by atoms with Crippen molar-refractivity contribution >= 4 is 24.2 Å². The van der Waals surface area contributed by atoms with E-state index in [4.69, 9.17) is 11.6 Å². The van der Waals surface area contributed by atoms with E-state index in [2.05, 4.69) is 23.9 Å². The number of halogens is 1. The molecule has 1 atom stereocenters. The first kappa shape index (κ1) is 7.20. The van der Waals surface area contributed by atoms with Crippen LogP contribution in [0.5, 0.6) is 0 Å². The van der Waals surface area contributed by atoms with Crippen LogP contribution < -0.4 is 0 Å². The van der Waals surface area contributed by atoms with E-state index in [-0.39, 0.29) is 0 Å². The molecule has 0 heterocycles. The predicted molar refractivity (Wildman–Crippen MR) is 36.7 cm³/mol. The van der Waals surface area contributed by atoms with Gasteiger partial charge >= 0.3 is 0 Å². The summed E-state index contributed by atoms with van der Waals surface area (Å²) in [6.07, 6.45) is 0.770. The summed E-state index contributed by atoms with van der Waals surface area (Å²) in [5.74, 6) is 2.69. The minimum absolute atomic E-state index is 0.339. The van der Waals surface area contributed by atoms with Crippen molar-refractivity contribution in [3.8, 4) is 11.3 Å². The third-order valence-electron chi connectivity index (χ3n) is 0.464. The Balaban J connectivity index is 3.08. The van der Waals surface area contributed by atoms with Gasteiger partial charge in [0.15, 0.2) is 0 Å². The molecule has 2 heteroatoms. The third kappa shape index (κ3) is 6.20. The Labute approximate surface area is 54.7 Å². The Bertz CT molecular complexity index is 88.0. The zero-order valence-electron chi connectivity index (χ0n) is 4.11. The maximum Gasteiger partial charge on any atom is 0.0215 e. The lowest BCUT2D eigenvalue weighted by Crippen LogP contribution is -1.84. The van der Waals surface area contributed by atoms with E-state index in [1.54, 1.807) is 0 Å². The van der Waals surface area contributed by atoms with Crippen LogP contribution in [0.15, 0.2) is 0 Å². The molecular formula is C5H7ClS. The summed E-state index contributed by atoms with van der Waals surface area (Å²) in [4.78, 5) is 0. The highest BCUT2D eigenvalue weighted by Crippen LogP contribution is 1.95. The summed E-state index contributed by atoms with van der Waals surface area (Å²) < 4.78 is 0. The Kier molecular flexibility index (Phi) is 4.49. The van der Waals surface area contributed by atoms with Crippen LogP contribution in [0.4, 0.5) is 0 Å². The van der Waals surface area contributed by atoms with Gasteiger partial charge < -0.3 is 0 Å². The number of hydrogen-bond donors (Lipinski definition) is 1. The third-order valence-corrected chi connectivity index (χ3v) is 0.780. The minimum atomic E-state index is 0.339. The molecule has 0 aliphatic rings. The van der Waals surface area contributed by atoms with Gasteiger partial charge in [-0.1, -0.05) is 12.8 Å². The zero-order valence-corrected chi connectivity index (χ0v) is 5.76. The van der Waals surface area contributed by atoms with Crippen LogP contribution in [0.3, 0.4) is 0 Å². The average Bonchev–Trinajstić information content (AvgIpc) is 1.61. The van der Waals surface area contributed by atoms with Crippen molar-refractivity contribution < 1.29 is 0 Å². The lowest BCUT2D eigenvalue weighted by molar-refractivity contribution is 1.02. The first-order valence-electron chi connectivity index (χ1n) is 2.04. The highest BCUT2D eigenvalue weighted by atomic mass is 35.5. The lowest BCUT2D eigenvalue weighted by Gasteiger charge is -1.89. The molecule has 0 aliphatic carbocycles. The Hall–Kier alpha value is 0.200. The molecule has 0 bridgehead atoms. The first-order valence-corrected chi connectivity index (χ1v) is 2.93. The molecular weight excluding hydrogens is 128 g/mol. The van der Waals surface area contributed by atoms with Crippen LogP contribution in [-0.2, 0) is 0 Å². The fourth-order valence-electron chi connectivity index (χ4n) is 0.186. The van der Waals surface area contributed by atoms with Crippen LogP contribution in [0.2, 0.25) is 0 Å². The van der Waals surface area contributed by atoms with Gasteiger partial charge in [-0.3, -0.25) is 0 Å².